The van der Waals surface area contributed by atoms with E-state index in [1.165, 1.54) is 0 Å². The lowest BCUT2D eigenvalue weighted by molar-refractivity contribution is -0.388. The van der Waals surface area contributed by atoms with Crippen LogP contribution in [0.4, 0.5) is 18.9 Å². The lowest BCUT2D eigenvalue weighted by Gasteiger charge is -2.04. The lowest BCUT2D eigenvalue weighted by Crippen LogP contribution is -2.10. The Kier molecular flexibility index (Phi) is 3.06. The van der Waals surface area contributed by atoms with Crippen LogP contribution in [0.25, 0.3) is 0 Å². The number of aromatic nitrogens is 1. The molecule has 0 unspecified atom stereocenters. The second kappa shape index (κ2) is 4.13. The van der Waals surface area contributed by atoms with Crippen molar-refractivity contribution in [2.24, 2.45) is 0 Å². The molecule has 0 atom stereocenters. The second-order valence-corrected chi connectivity index (χ2v) is 2.60. The first-order chi connectivity index (χ1) is 7.34. The van der Waals surface area contributed by atoms with Crippen molar-refractivity contribution in [3.8, 4) is 0 Å². The van der Waals surface area contributed by atoms with Crippen molar-refractivity contribution in [2.45, 2.75) is 6.43 Å². The van der Waals surface area contributed by atoms with Gasteiger partial charge in [0.15, 0.2) is 5.69 Å². The number of carboxylic acids is 1. The highest BCUT2D eigenvalue weighted by atomic mass is 19.3. The largest absolute Gasteiger partial charge is 0.476 e. The van der Waals surface area contributed by atoms with Crippen LogP contribution in [0.2, 0.25) is 0 Å². The van der Waals surface area contributed by atoms with E-state index in [9.17, 15) is 28.1 Å². The quantitative estimate of drug-likeness (QED) is 0.490. The van der Waals surface area contributed by atoms with Gasteiger partial charge in [0.05, 0.1) is 10.5 Å². The molecule has 16 heavy (non-hydrogen) atoms. The first-order valence-electron chi connectivity index (χ1n) is 3.71. The molecular weight excluding hydrogens is 233 g/mol. The molecule has 1 rings (SSSR count). The van der Waals surface area contributed by atoms with Crippen molar-refractivity contribution in [2.75, 3.05) is 0 Å². The van der Waals surface area contributed by atoms with E-state index in [2.05, 4.69) is 4.98 Å². The van der Waals surface area contributed by atoms with E-state index in [4.69, 9.17) is 5.11 Å². The lowest BCUT2D eigenvalue weighted by atomic mass is 10.2. The van der Waals surface area contributed by atoms with Gasteiger partial charge in [0.1, 0.15) is 0 Å². The maximum absolute atomic E-state index is 12.8. The van der Waals surface area contributed by atoms with E-state index in [-0.39, 0.29) is 6.07 Å². The Morgan fingerprint density at radius 3 is 2.50 bits per heavy atom. The maximum Gasteiger partial charge on any atom is 0.355 e. The summed E-state index contributed by atoms with van der Waals surface area (Å²) < 4.78 is 37.5. The van der Waals surface area contributed by atoms with Gasteiger partial charge in [-0.25, -0.2) is 18.6 Å². The van der Waals surface area contributed by atoms with Crippen molar-refractivity contribution in [3.63, 3.8) is 0 Å². The van der Waals surface area contributed by atoms with Crippen molar-refractivity contribution in [1.29, 1.82) is 0 Å². The van der Waals surface area contributed by atoms with Gasteiger partial charge in [-0.15, -0.1) is 0 Å². The Balaban J connectivity index is 3.49. The smallest absolute Gasteiger partial charge is 0.355 e. The van der Waals surface area contributed by atoms with Crippen LogP contribution in [0, 0.1) is 16.1 Å². The number of rotatable bonds is 3. The van der Waals surface area contributed by atoms with E-state index in [1.807, 2.05) is 0 Å². The van der Waals surface area contributed by atoms with E-state index < -0.39 is 40.2 Å². The summed E-state index contributed by atoms with van der Waals surface area (Å²) in [6, 6.07) is 0.163. The zero-order valence-corrected chi connectivity index (χ0v) is 7.35. The fourth-order valence-corrected chi connectivity index (χ4v) is 0.961. The normalized spacial score (nSPS) is 10.5. The highest BCUT2D eigenvalue weighted by Gasteiger charge is 2.27. The van der Waals surface area contributed by atoms with Crippen molar-refractivity contribution >= 4 is 11.7 Å². The Morgan fingerprint density at radius 1 is 1.56 bits per heavy atom. The van der Waals surface area contributed by atoms with E-state index in [0.29, 0.717) is 0 Å². The highest BCUT2D eigenvalue weighted by Crippen LogP contribution is 2.27. The van der Waals surface area contributed by atoms with E-state index in [1.54, 1.807) is 0 Å². The molecule has 0 saturated heterocycles. The van der Waals surface area contributed by atoms with Gasteiger partial charge in [0.25, 0.3) is 12.4 Å². The summed E-state index contributed by atoms with van der Waals surface area (Å²) in [5, 5.41) is 18.6. The van der Waals surface area contributed by atoms with Crippen LogP contribution in [0.15, 0.2) is 6.07 Å². The molecule has 9 heteroatoms. The molecule has 86 valence electrons. The van der Waals surface area contributed by atoms with Crippen LogP contribution < -0.4 is 0 Å². The predicted molar refractivity (Wildman–Crippen MR) is 42.8 cm³/mol. The number of hydrogen-bond acceptors (Lipinski definition) is 4. The minimum absolute atomic E-state index is 0.163. The molecule has 6 nitrogen and oxygen atoms in total. The van der Waals surface area contributed by atoms with Crippen LogP contribution in [0.1, 0.15) is 22.5 Å². The summed E-state index contributed by atoms with van der Waals surface area (Å²) in [5.41, 5.74) is -3.72. The van der Waals surface area contributed by atoms with Crippen LogP contribution in [0.5, 0.6) is 0 Å². The SMILES string of the molecule is O=C(O)c1nc(F)c([N+](=O)[O-])cc1C(F)F. The molecule has 0 spiro atoms. The first-order valence-corrected chi connectivity index (χ1v) is 3.71. The fraction of sp³-hybridized carbons (Fsp3) is 0.143. The number of nitro groups is 1. The number of carbonyl (C=O) groups is 1. The van der Waals surface area contributed by atoms with Crippen molar-refractivity contribution in [1.82, 2.24) is 4.98 Å². The first kappa shape index (κ1) is 11.9. The van der Waals surface area contributed by atoms with Gasteiger partial charge in [0, 0.05) is 6.07 Å². The minimum atomic E-state index is -3.29. The molecule has 1 aromatic heterocycles. The van der Waals surface area contributed by atoms with Crippen molar-refractivity contribution < 1.29 is 28.0 Å². The predicted octanol–water partition coefficient (Wildman–Crippen LogP) is 1.76. The number of aromatic carboxylic acids is 1. The van der Waals surface area contributed by atoms with Crippen LogP contribution in [-0.4, -0.2) is 21.0 Å². The van der Waals surface area contributed by atoms with Crippen molar-refractivity contribution in [3.05, 3.63) is 33.4 Å². The van der Waals surface area contributed by atoms with Crippen LogP contribution >= 0.6 is 0 Å². The Labute approximate surface area is 85.5 Å². The van der Waals surface area contributed by atoms with Gasteiger partial charge in [0.2, 0.25) is 0 Å². The summed E-state index contributed by atoms with van der Waals surface area (Å²) in [5.74, 6) is -3.60. The Morgan fingerprint density at radius 2 is 2.12 bits per heavy atom. The molecule has 0 aromatic carbocycles. The van der Waals surface area contributed by atoms with E-state index in [0.717, 1.165) is 0 Å². The minimum Gasteiger partial charge on any atom is -0.476 e. The zero-order chi connectivity index (χ0) is 12.5. The molecule has 0 bridgehead atoms. The van der Waals surface area contributed by atoms with E-state index >= 15 is 0 Å². The van der Waals surface area contributed by atoms with Crippen LogP contribution in [-0.2, 0) is 0 Å². The second-order valence-electron chi connectivity index (χ2n) is 2.60. The molecule has 0 aliphatic heterocycles. The molecule has 1 N–H and O–H groups in total. The summed E-state index contributed by atoms with van der Waals surface area (Å²) in [4.78, 5) is 22.0. The Hall–Kier alpha value is -2.19. The monoisotopic (exact) mass is 236 g/mol. The molecule has 1 heterocycles. The highest BCUT2D eigenvalue weighted by molar-refractivity contribution is 5.87. The van der Waals surface area contributed by atoms with Gasteiger partial charge < -0.3 is 5.11 Å². The summed E-state index contributed by atoms with van der Waals surface area (Å²) in [6.45, 7) is 0. The number of alkyl halides is 2. The molecule has 0 amide bonds. The third kappa shape index (κ3) is 2.07. The molecule has 1 aromatic rings. The third-order valence-corrected chi connectivity index (χ3v) is 1.62. The number of halogens is 3. The number of nitrogens with zero attached hydrogens (tertiary/aromatic N) is 2. The Bertz CT molecular complexity index is 463. The maximum atomic E-state index is 12.8. The third-order valence-electron chi connectivity index (χ3n) is 1.62. The summed E-state index contributed by atoms with van der Waals surface area (Å²) >= 11 is 0. The number of hydrogen-bond donors (Lipinski definition) is 1. The van der Waals surface area contributed by atoms with Gasteiger partial charge in [-0.2, -0.15) is 4.39 Å². The van der Waals surface area contributed by atoms with Gasteiger partial charge in [-0.05, 0) is 0 Å². The molecule has 0 aliphatic rings. The van der Waals surface area contributed by atoms with Gasteiger partial charge in [-0.3, -0.25) is 10.1 Å². The van der Waals surface area contributed by atoms with Gasteiger partial charge in [-0.1, -0.05) is 0 Å². The average molecular weight is 236 g/mol. The molecule has 0 aliphatic carbocycles. The topological polar surface area (TPSA) is 93.3 Å². The molecule has 0 radical (unpaired) electrons. The van der Waals surface area contributed by atoms with Gasteiger partial charge >= 0.3 is 11.7 Å². The number of pyridine rings is 1. The molecule has 0 saturated carbocycles. The van der Waals surface area contributed by atoms with Crippen LogP contribution in [0.3, 0.4) is 0 Å². The number of carboxylic acid groups (broad SMARTS) is 1. The fourth-order valence-electron chi connectivity index (χ4n) is 0.961. The zero-order valence-electron chi connectivity index (χ0n) is 7.35. The molecule has 0 fully saturated rings. The summed E-state index contributed by atoms with van der Waals surface area (Å²) in [6.07, 6.45) is -3.29. The standard InChI is InChI=1S/C7H3F3N2O4/c8-5(9)2-1-3(12(15)16)6(10)11-4(2)7(13)14/h1,5H,(H,13,14). The molecular formula is C7H3F3N2O4. The summed E-state index contributed by atoms with van der Waals surface area (Å²) in [7, 11) is 0. The average Bonchev–Trinajstić information content (AvgIpc) is 2.15.